The minimum absolute atomic E-state index is 0. The van der Waals surface area contributed by atoms with Crippen LogP contribution in [0.4, 0.5) is 0 Å². The van der Waals surface area contributed by atoms with Crippen LogP contribution >= 0.6 is 0 Å². The van der Waals surface area contributed by atoms with Crippen molar-refractivity contribution in [2.75, 3.05) is 0 Å². The number of carbonyl (C=O) groups excluding carboxylic acids is 1. The number of aliphatic hydroxyl groups excluding tert-OH is 1. The summed E-state index contributed by atoms with van der Waals surface area (Å²) in [5, 5.41) is 13.4. The second-order valence-corrected chi connectivity index (χ2v) is 14.7. The first-order valence-electron chi connectivity index (χ1n) is 16.9. The van der Waals surface area contributed by atoms with Crippen molar-refractivity contribution in [2.45, 2.75) is 114 Å². The fourth-order valence-electron chi connectivity index (χ4n) is 6.85. The van der Waals surface area contributed by atoms with E-state index in [4.69, 9.17) is 9.97 Å². The number of hydrogen-bond acceptors (Lipinski definition) is 4. The van der Waals surface area contributed by atoms with Gasteiger partial charge in [-0.15, -0.1) is 23.6 Å². The summed E-state index contributed by atoms with van der Waals surface area (Å²) in [5.41, 5.74) is 9.63. The molecule has 0 amide bonds. The number of aliphatic hydroxyl groups is 1. The number of pyridine rings is 2. The third kappa shape index (κ3) is 7.80. The van der Waals surface area contributed by atoms with Gasteiger partial charge in [0.2, 0.25) is 0 Å². The normalized spacial score (nSPS) is 13.8. The first-order chi connectivity index (χ1) is 21.1. The van der Waals surface area contributed by atoms with Crippen LogP contribution in [0.5, 0.6) is 0 Å². The van der Waals surface area contributed by atoms with E-state index in [-0.39, 0.29) is 54.3 Å². The fourth-order valence-corrected chi connectivity index (χ4v) is 6.85. The van der Waals surface area contributed by atoms with Crippen LogP contribution in [0, 0.1) is 37.2 Å². The monoisotopic (exact) mass is 798 g/mol. The molecule has 0 saturated heterocycles. The van der Waals surface area contributed by atoms with Crippen LogP contribution in [0.25, 0.3) is 32.9 Å². The summed E-state index contributed by atoms with van der Waals surface area (Å²) in [7, 11) is 0. The summed E-state index contributed by atoms with van der Waals surface area (Å²) in [6, 6.07) is 15.0. The van der Waals surface area contributed by atoms with E-state index in [9.17, 15) is 9.90 Å². The Balaban J connectivity index is 0.000000309. The van der Waals surface area contributed by atoms with Gasteiger partial charge in [-0.25, -0.2) is 0 Å². The van der Waals surface area contributed by atoms with E-state index in [0.29, 0.717) is 0 Å². The Morgan fingerprint density at radius 1 is 0.957 bits per heavy atom. The molecule has 1 aliphatic rings. The summed E-state index contributed by atoms with van der Waals surface area (Å²) in [6.45, 7) is 23.9. The molecule has 2 aromatic heterocycles. The third-order valence-electron chi connectivity index (χ3n) is 9.50. The molecule has 0 unspecified atom stereocenters. The SMILES string of the molecule is CCC(CC)C(=O)/C=C(\O)C(CC)CC.Cc1cc(C)c2cc3c([c-]c2c1)-c1nccc2nc(CC(C)(C)C)cc(c12)C3(C)C.[Ir]. The quantitative estimate of drug-likeness (QED) is 0.110. The van der Waals surface area contributed by atoms with Gasteiger partial charge in [0, 0.05) is 55.6 Å². The van der Waals surface area contributed by atoms with E-state index in [1.165, 1.54) is 44.5 Å². The topological polar surface area (TPSA) is 63.1 Å². The van der Waals surface area contributed by atoms with Crippen LogP contribution in [0.1, 0.15) is 116 Å². The zero-order valence-corrected chi connectivity index (χ0v) is 32.2. The summed E-state index contributed by atoms with van der Waals surface area (Å²) in [4.78, 5) is 21.6. The van der Waals surface area contributed by atoms with E-state index < -0.39 is 0 Å². The van der Waals surface area contributed by atoms with E-state index in [2.05, 4.69) is 84.9 Å². The molecule has 0 bridgehead atoms. The second-order valence-electron chi connectivity index (χ2n) is 14.7. The molecule has 1 aliphatic carbocycles. The summed E-state index contributed by atoms with van der Waals surface area (Å²) in [5.74, 6) is 0.547. The number of ketones is 1. The van der Waals surface area contributed by atoms with Crippen LogP contribution in [-0.4, -0.2) is 20.9 Å². The number of carbonyl (C=O) groups is 1. The molecule has 0 fully saturated rings. The summed E-state index contributed by atoms with van der Waals surface area (Å²) >= 11 is 0. The molecular formula is C41H53IrN2O2-. The maximum absolute atomic E-state index is 11.7. The molecule has 1 radical (unpaired) electrons. The number of fused-ring (bicyclic) bond motifs is 3. The number of rotatable bonds is 8. The molecule has 249 valence electrons. The Hall–Kier alpha value is -2.88. The zero-order chi connectivity index (χ0) is 33.3. The van der Waals surface area contributed by atoms with Crippen molar-refractivity contribution in [3.63, 3.8) is 0 Å². The van der Waals surface area contributed by atoms with Gasteiger partial charge in [-0.05, 0) is 79.9 Å². The largest absolute Gasteiger partial charge is 0.512 e. The maximum Gasteiger partial charge on any atom is 0.162 e. The number of nitrogens with zero attached hydrogens (tertiary/aromatic N) is 2. The van der Waals surface area contributed by atoms with Gasteiger partial charge < -0.3 is 5.11 Å². The smallest absolute Gasteiger partial charge is 0.162 e. The summed E-state index contributed by atoms with van der Waals surface area (Å²) < 4.78 is 0. The first kappa shape index (κ1) is 37.6. The van der Waals surface area contributed by atoms with Crippen LogP contribution < -0.4 is 0 Å². The molecule has 46 heavy (non-hydrogen) atoms. The Morgan fingerprint density at radius 3 is 2.17 bits per heavy atom. The van der Waals surface area contributed by atoms with Gasteiger partial charge in [-0.1, -0.05) is 96.0 Å². The first-order valence-corrected chi connectivity index (χ1v) is 16.9. The Labute approximate surface area is 290 Å². The molecule has 2 aromatic carbocycles. The van der Waals surface area contributed by atoms with E-state index in [1.54, 1.807) is 0 Å². The van der Waals surface area contributed by atoms with Crippen molar-refractivity contribution >= 4 is 27.5 Å². The Kier molecular flexibility index (Phi) is 12.2. The molecule has 0 atom stereocenters. The van der Waals surface area contributed by atoms with Crippen LogP contribution in [0.3, 0.4) is 0 Å². The summed E-state index contributed by atoms with van der Waals surface area (Å²) in [6.07, 6.45) is 7.76. The van der Waals surface area contributed by atoms with Crippen LogP contribution in [-0.2, 0) is 36.7 Å². The standard InChI is InChI=1S/C28H29N2.C13H24O2.Ir/c1-16-10-17(2)20-14-22-21(12-18(20)11-16)26-25-23(28(22,6)7)13-19(15-27(3,4)5)30-24(25)8-9-29-26;1-5-10(6-2)12(14)9-13(15)11(7-3)8-4;/h8-11,13-14H,15H2,1-7H3;9-11,14H,5-8H2,1-4H3;/q-1;;/b;12-9-;. The van der Waals surface area contributed by atoms with Crippen molar-refractivity contribution in [1.82, 2.24) is 9.97 Å². The molecule has 4 aromatic rings. The molecule has 0 saturated carbocycles. The van der Waals surface area contributed by atoms with Crippen molar-refractivity contribution in [3.05, 3.63) is 82.4 Å². The molecule has 5 heteroatoms. The van der Waals surface area contributed by atoms with Gasteiger partial charge in [0.15, 0.2) is 5.78 Å². The van der Waals surface area contributed by atoms with Crippen LogP contribution in [0.2, 0.25) is 0 Å². The minimum atomic E-state index is -0.138. The van der Waals surface area contributed by atoms with E-state index >= 15 is 0 Å². The van der Waals surface area contributed by atoms with Crippen molar-refractivity contribution in [3.8, 4) is 11.3 Å². The van der Waals surface area contributed by atoms with Crippen molar-refractivity contribution in [1.29, 1.82) is 0 Å². The van der Waals surface area contributed by atoms with Gasteiger partial charge in [0.25, 0.3) is 0 Å². The molecule has 1 N–H and O–H groups in total. The Morgan fingerprint density at radius 2 is 1.59 bits per heavy atom. The molecule has 2 heterocycles. The molecule has 4 nitrogen and oxygen atoms in total. The predicted molar refractivity (Wildman–Crippen MR) is 190 cm³/mol. The van der Waals surface area contributed by atoms with Crippen molar-refractivity contribution < 1.29 is 30.0 Å². The predicted octanol–water partition coefficient (Wildman–Crippen LogP) is 11.0. The van der Waals surface area contributed by atoms with E-state index in [0.717, 1.165) is 54.6 Å². The number of allylic oxidation sites excluding steroid dienone is 2. The second kappa shape index (κ2) is 14.9. The van der Waals surface area contributed by atoms with Gasteiger partial charge in [-0.3, -0.25) is 14.8 Å². The molecule has 5 rings (SSSR count). The maximum atomic E-state index is 11.7. The number of aryl methyl sites for hydroxylation is 2. The van der Waals surface area contributed by atoms with Gasteiger partial charge in [-0.2, -0.15) is 0 Å². The van der Waals surface area contributed by atoms with Crippen molar-refractivity contribution in [2.24, 2.45) is 17.3 Å². The Bertz CT molecular complexity index is 1740. The number of aromatic nitrogens is 2. The number of benzene rings is 2. The molecule has 0 spiro atoms. The average Bonchev–Trinajstić information content (AvgIpc) is 2.96. The molecular weight excluding hydrogens is 745 g/mol. The fraction of sp³-hybridized carbons (Fsp3) is 0.488. The number of hydrogen-bond donors (Lipinski definition) is 1. The van der Waals surface area contributed by atoms with E-state index in [1.807, 2.05) is 33.9 Å². The van der Waals surface area contributed by atoms with Crippen LogP contribution in [0.15, 0.2) is 48.4 Å². The zero-order valence-electron chi connectivity index (χ0n) is 29.8. The molecule has 0 aliphatic heterocycles. The van der Waals surface area contributed by atoms with Gasteiger partial charge >= 0.3 is 0 Å². The van der Waals surface area contributed by atoms with Gasteiger partial charge in [0.1, 0.15) is 0 Å². The van der Waals surface area contributed by atoms with Gasteiger partial charge in [0.05, 0.1) is 11.3 Å². The third-order valence-corrected chi connectivity index (χ3v) is 9.50. The minimum Gasteiger partial charge on any atom is -0.512 e. The average molecular weight is 798 g/mol.